The van der Waals surface area contributed by atoms with Crippen LogP contribution in [0.1, 0.15) is 10.6 Å². The van der Waals surface area contributed by atoms with Crippen molar-refractivity contribution in [3.05, 3.63) is 28.3 Å². The Hall–Kier alpha value is -1.69. The van der Waals surface area contributed by atoms with Crippen LogP contribution < -0.4 is 10.5 Å². The predicted molar refractivity (Wildman–Crippen MR) is 62.5 cm³/mol. The van der Waals surface area contributed by atoms with Crippen LogP contribution in [0.5, 0.6) is 5.88 Å². The Morgan fingerprint density at radius 2 is 2.31 bits per heavy atom. The summed E-state index contributed by atoms with van der Waals surface area (Å²) in [7, 11) is 0. The lowest BCUT2D eigenvalue weighted by Gasteiger charge is -2.04. The number of aryl methyl sites for hydroxylation is 1. The van der Waals surface area contributed by atoms with Gasteiger partial charge >= 0.3 is 0 Å². The Balaban J connectivity index is 1.87. The fourth-order valence-corrected chi connectivity index (χ4v) is 2.01. The first kappa shape index (κ1) is 10.8. The molecule has 0 unspecified atom stereocenters. The number of nitrogens with two attached hydrogens (primary N) is 1. The van der Waals surface area contributed by atoms with Gasteiger partial charge in [0.15, 0.2) is 0 Å². The van der Waals surface area contributed by atoms with Crippen LogP contribution in [0, 0.1) is 6.92 Å². The molecule has 2 heterocycles. The molecule has 2 rings (SSSR count). The van der Waals surface area contributed by atoms with E-state index >= 15 is 0 Å². The maximum Gasteiger partial charge on any atom is 0.223 e. The SMILES string of the molecule is Cc1ncsc1CCOc1ccnc(N)n1. The van der Waals surface area contributed by atoms with Gasteiger partial charge in [-0.15, -0.1) is 11.3 Å². The summed E-state index contributed by atoms with van der Waals surface area (Å²) in [6.07, 6.45) is 2.41. The Morgan fingerprint density at radius 1 is 1.44 bits per heavy atom. The van der Waals surface area contributed by atoms with Crippen molar-refractivity contribution in [3.63, 3.8) is 0 Å². The minimum absolute atomic E-state index is 0.228. The third kappa shape index (κ3) is 2.66. The van der Waals surface area contributed by atoms with E-state index in [1.165, 1.54) is 4.88 Å². The third-order valence-electron chi connectivity index (χ3n) is 2.07. The fourth-order valence-electron chi connectivity index (χ4n) is 1.25. The number of aromatic nitrogens is 3. The van der Waals surface area contributed by atoms with Gasteiger partial charge in [-0.05, 0) is 6.92 Å². The highest BCUT2D eigenvalue weighted by molar-refractivity contribution is 7.09. The van der Waals surface area contributed by atoms with Gasteiger partial charge in [-0.2, -0.15) is 4.98 Å². The number of ether oxygens (including phenoxy) is 1. The van der Waals surface area contributed by atoms with Crippen LogP contribution in [-0.2, 0) is 6.42 Å². The van der Waals surface area contributed by atoms with Crippen LogP contribution >= 0.6 is 11.3 Å². The molecule has 0 atom stereocenters. The van der Waals surface area contributed by atoms with Gasteiger partial charge in [0, 0.05) is 23.6 Å². The van der Waals surface area contributed by atoms with Crippen molar-refractivity contribution in [2.24, 2.45) is 0 Å². The van der Waals surface area contributed by atoms with Crippen molar-refractivity contribution in [1.29, 1.82) is 0 Å². The van der Waals surface area contributed by atoms with Crippen LogP contribution in [-0.4, -0.2) is 21.6 Å². The largest absolute Gasteiger partial charge is 0.477 e. The van der Waals surface area contributed by atoms with Gasteiger partial charge in [-0.3, -0.25) is 0 Å². The molecule has 0 saturated carbocycles. The minimum Gasteiger partial charge on any atom is -0.477 e. The third-order valence-corrected chi connectivity index (χ3v) is 3.07. The highest BCUT2D eigenvalue weighted by Crippen LogP contribution is 2.13. The van der Waals surface area contributed by atoms with Crippen molar-refractivity contribution in [2.45, 2.75) is 13.3 Å². The van der Waals surface area contributed by atoms with Crippen molar-refractivity contribution in [1.82, 2.24) is 15.0 Å². The van der Waals surface area contributed by atoms with Crippen molar-refractivity contribution >= 4 is 17.3 Å². The number of nitrogens with zero attached hydrogens (tertiary/aromatic N) is 3. The molecule has 0 aliphatic carbocycles. The molecule has 2 aromatic heterocycles. The lowest BCUT2D eigenvalue weighted by atomic mass is 10.3. The molecule has 0 bridgehead atoms. The van der Waals surface area contributed by atoms with Crippen LogP contribution in [0.15, 0.2) is 17.8 Å². The van der Waals surface area contributed by atoms with Crippen molar-refractivity contribution < 1.29 is 4.74 Å². The maximum absolute atomic E-state index is 5.46. The summed E-state index contributed by atoms with van der Waals surface area (Å²) >= 11 is 1.64. The number of hydrogen-bond acceptors (Lipinski definition) is 6. The van der Waals surface area contributed by atoms with E-state index in [1.807, 2.05) is 12.4 Å². The molecular formula is C10H12N4OS. The van der Waals surface area contributed by atoms with E-state index in [4.69, 9.17) is 10.5 Å². The Bertz CT molecular complexity index is 471. The van der Waals surface area contributed by atoms with Gasteiger partial charge in [0.2, 0.25) is 11.8 Å². The van der Waals surface area contributed by atoms with E-state index in [1.54, 1.807) is 23.6 Å². The zero-order valence-corrected chi connectivity index (χ0v) is 9.70. The van der Waals surface area contributed by atoms with Gasteiger partial charge in [0.25, 0.3) is 0 Å². The molecule has 0 aromatic carbocycles. The van der Waals surface area contributed by atoms with Gasteiger partial charge in [0.05, 0.1) is 17.8 Å². The molecule has 0 aliphatic heterocycles. The van der Waals surface area contributed by atoms with Crippen molar-refractivity contribution in [3.8, 4) is 5.88 Å². The smallest absolute Gasteiger partial charge is 0.223 e. The summed E-state index contributed by atoms with van der Waals surface area (Å²) < 4.78 is 5.46. The number of hydrogen-bond donors (Lipinski definition) is 1. The molecule has 0 amide bonds. The molecule has 2 N–H and O–H groups in total. The molecule has 6 heteroatoms. The second-order valence-corrected chi connectivity index (χ2v) is 4.15. The first-order valence-corrected chi connectivity index (χ1v) is 5.74. The maximum atomic E-state index is 5.46. The summed E-state index contributed by atoms with van der Waals surface area (Å²) in [5.74, 6) is 0.737. The number of thiazole rings is 1. The van der Waals surface area contributed by atoms with E-state index in [-0.39, 0.29) is 5.95 Å². The Labute approximate surface area is 97.3 Å². The highest BCUT2D eigenvalue weighted by Gasteiger charge is 2.02. The first-order valence-electron chi connectivity index (χ1n) is 4.86. The fraction of sp³-hybridized carbons (Fsp3) is 0.300. The van der Waals surface area contributed by atoms with E-state index in [9.17, 15) is 0 Å². The Kier molecular flexibility index (Phi) is 3.31. The van der Waals surface area contributed by atoms with Gasteiger partial charge in [0.1, 0.15) is 0 Å². The molecule has 0 spiro atoms. The quantitative estimate of drug-likeness (QED) is 0.869. The summed E-state index contributed by atoms with van der Waals surface area (Å²) in [6, 6.07) is 1.69. The minimum atomic E-state index is 0.228. The van der Waals surface area contributed by atoms with Gasteiger partial charge in [-0.1, -0.05) is 0 Å². The highest BCUT2D eigenvalue weighted by atomic mass is 32.1. The predicted octanol–water partition coefficient (Wildman–Crippen LogP) is 1.45. The lowest BCUT2D eigenvalue weighted by molar-refractivity contribution is 0.310. The second-order valence-electron chi connectivity index (χ2n) is 3.21. The van der Waals surface area contributed by atoms with E-state index in [2.05, 4.69) is 15.0 Å². The molecule has 2 aromatic rings. The molecule has 0 aliphatic rings. The van der Waals surface area contributed by atoms with E-state index < -0.39 is 0 Å². The van der Waals surface area contributed by atoms with E-state index in [0.717, 1.165) is 12.1 Å². The zero-order valence-electron chi connectivity index (χ0n) is 8.88. The first-order chi connectivity index (χ1) is 7.75. The van der Waals surface area contributed by atoms with Gasteiger partial charge < -0.3 is 10.5 Å². The van der Waals surface area contributed by atoms with Gasteiger partial charge in [-0.25, -0.2) is 9.97 Å². The molecule has 0 saturated heterocycles. The van der Waals surface area contributed by atoms with E-state index in [0.29, 0.717) is 12.5 Å². The molecule has 84 valence electrons. The number of nitrogen functional groups attached to an aromatic ring is 1. The van der Waals surface area contributed by atoms with Crippen LogP contribution in [0.25, 0.3) is 0 Å². The molecule has 0 fully saturated rings. The standard InChI is InChI=1S/C10H12N4OS/c1-7-8(16-6-13-7)3-5-15-9-2-4-12-10(11)14-9/h2,4,6H,3,5H2,1H3,(H2,11,12,14). The molecule has 0 radical (unpaired) electrons. The van der Waals surface area contributed by atoms with Crippen LogP contribution in [0.4, 0.5) is 5.95 Å². The molecular weight excluding hydrogens is 224 g/mol. The molecule has 16 heavy (non-hydrogen) atoms. The normalized spacial score (nSPS) is 10.3. The van der Waals surface area contributed by atoms with Crippen molar-refractivity contribution in [2.75, 3.05) is 12.3 Å². The zero-order chi connectivity index (χ0) is 11.4. The summed E-state index contributed by atoms with van der Waals surface area (Å²) in [6.45, 7) is 2.56. The lowest BCUT2D eigenvalue weighted by Crippen LogP contribution is -2.04. The number of rotatable bonds is 4. The summed E-state index contributed by atoms with van der Waals surface area (Å²) in [4.78, 5) is 13.1. The van der Waals surface area contributed by atoms with Crippen LogP contribution in [0.2, 0.25) is 0 Å². The second kappa shape index (κ2) is 4.89. The summed E-state index contributed by atoms with van der Waals surface area (Å²) in [5, 5.41) is 0. The number of anilines is 1. The summed E-state index contributed by atoms with van der Waals surface area (Å²) in [5.41, 5.74) is 8.35. The topological polar surface area (TPSA) is 73.9 Å². The Morgan fingerprint density at radius 3 is 3.00 bits per heavy atom. The van der Waals surface area contributed by atoms with Crippen LogP contribution in [0.3, 0.4) is 0 Å². The average molecular weight is 236 g/mol. The molecule has 5 nitrogen and oxygen atoms in total. The average Bonchev–Trinajstić information content (AvgIpc) is 2.65. The monoisotopic (exact) mass is 236 g/mol.